The van der Waals surface area contributed by atoms with E-state index in [1.807, 2.05) is 12.3 Å². The first kappa shape index (κ1) is 14.5. The molecule has 1 N–H and O–H groups in total. The van der Waals surface area contributed by atoms with Crippen LogP contribution in [-0.4, -0.2) is 17.6 Å². The fourth-order valence-electron chi connectivity index (χ4n) is 3.11. The molecule has 0 aliphatic heterocycles. The van der Waals surface area contributed by atoms with Gasteiger partial charge in [0.25, 0.3) is 0 Å². The van der Waals surface area contributed by atoms with Gasteiger partial charge < -0.3 is 5.32 Å². The molecule has 0 aromatic carbocycles. The average molecular weight is 260 g/mol. The van der Waals surface area contributed by atoms with Crippen molar-refractivity contribution < 1.29 is 0 Å². The molecule has 0 unspecified atom stereocenters. The molecule has 19 heavy (non-hydrogen) atoms. The molecule has 2 nitrogen and oxygen atoms in total. The van der Waals surface area contributed by atoms with E-state index in [0.29, 0.717) is 5.41 Å². The molecular formula is C17H28N2. The number of hydrogen-bond donors (Lipinski definition) is 1. The maximum Gasteiger partial charge on any atom is 0.0416 e. The van der Waals surface area contributed by atoms with Crippen molar-refractivity contribution in [1.29, 1.82) is 0 Å². The summed E-state index contributed by atoms with van der Waals surface area (Å²) < 4.78 is 0. The third-order valence-electron chi connectivity index (χ3n) is 4.49. The molecule has 0 atom stereocenters. The fourth-order valence-corrected chi connectivity index (χ4v) is 3.11. The van der Waals surface area contributed by atoms with Crippen LogP contribution in [0.3, 0.4) is 0 Å². The van der Waals surface area contributed by atoms with Gasteiger partial charge >= 0.3 is 0 Å². The molecule has 1 heterocycles. The van der Waals surface area contributed by atoms with Gasteiger partial charge in [-0.1, -0.05) is 26.8 Å². The van der Waals surface area contributed by atoms with Crippen LogP contribution in [-0.2, 0) is 6.42 Å². The molecule has 0 saturated heterocycles. The maximum absolute atomic E-state index is 4.37. The van der Waals surface area contributed by atoms with Crippen LogP contribution in [0.2, 0.25) is 0 Å². The molecule has 1 aliphatic carbocycles. The highest BCUT2D eigenvalue weighted by molar-refractivity contribution is 5.03. The zero-order chi connectivity index (χ0) is 13.7. The molecule has 1 aliphatic rings. The van der Waals surface area contributed by atoms with Gasteiger partial charge in [-0.2, -0.15) is 0 Å². The minimum absolute atomic E-state index is 0.485. The number of pyridine rings is 1. The van der Waals surface area contributed by atoms with Crippen LogP contribution in [0.25, 0.3) is 0 Å². The first-order chi connectivity index (χ1) is 9.05. The molecule has 0 bridgehead atoms. The SMILES string of the molecule is CC(C)(C)C1CCC(NCCc2ccccn2)CC1. The molecule has 0 spiro atoms. The zero-order valence-electron chi connectivity index (χ0n) is 12.7. The minimum atomic E-state index is 0.485. The van der Waals surface area contributed by atoms with Crippen LogP contribution in [0.1, 0.15) is 52.1 Å². The van der Waals surface area contributed by atoms with E-state index < -0.39 is 0 Å². The summed E-state index contributed by atoms with van der Waals surface area (Å²) in [6.45, 7) is 8.20. The normalized spacial score (nSPS) is 24.4. The van der Waals surface area contributed by atoms with Crippen molar-refractivity contribution in [2.45, 2.75) is 58.9 Å². The number of nitrogens with one attached hydrogen (secondary N) is 1. The van der Waals surface area contributed by atoms with Gasteiger partial charge in [-0.3, -0.25) is 4.98 Å². The van der Waals surface area contributed by atoms with Gasteiger partial charge in [-0.15, -0.1) is 0 Å². The highest BCUT2D eigenvalue weighted by atomic mass is 14.9. The average Bonchev–Trinajstić information content (AvgIpc) is 2.39. The Balaban J connectivity index is 1.66. The Kier molecular flexibility index (Phi) is 4.98. The topological polar surface area (TPSA) is 24.9 Å². The number of aromatic nitrogens is 1. The van der Waals surface area contributed by atoms with Gasteiger partial charge in [0, 0.05) is 30.9 Å². The first-order valence-corrected chi connectivity index (χ1v) is 7.69. The maximum atomic E-state index is 4.37. The van der Waals surface area contributed by atoms with Crippen molar-refractivity contribution in [3.8, 4) is 0 Å². The first-order valence-electron chi connectivity index (χ1n) is 7.69. The summed E-state index contributed by atoms with van der Waals surface area (Å²) in [5.74, 6) is 0.904. The summed E-state index contributed by atoms with van der Waals surface area (Å²) in [6.07, 6.45) is 8.35. The Morgan fingerprint density at radius 1 is 1.16 bits per heavy atom. The fraction of sp³-hybridized carbons (Fsp3) is 0.706. The van der Waals surface area contributed by atoms with E-state index >= 15 is 0 Å². The Bertz CT molecular complexity index is 359. The summed E-state index contributed by atoms with van der Waals surface area (Å²) in [5.41, 5.74) is 1.68. The van der Waals surface area contributed by atoms with Gasteiger partial charge in [-0.05, 0) is 49.1 Å². The van der Waals surface area contributed by atoms with E-state index in [0.717, 1.165) is 24.9 Å². The predicted octanol–water partition coefficient (Wildman–Crippen LogP) is 3.82. The minimum Gasteiger partial charge on any atom is -0.314 e. The van der Waals surface area contributed by atoms with Crippen LogP contribution < -0.4 is 5.32 Å². The van der Waals surface area contributed by atoms with Crippen LogP contribution in [0.5, 0.6) is 0 Å². The number of nitrogens with zero attached hydrogens (tertiary/aromatic N) is 1. The summed E-state index contributed by atoms with van der Waals surface area (Å²) >= 11 is 0. The van der Waals surface area contributed by atoms with Crippen molar-refractivity contribution in [3.05, 3.63) is 30.1 Å². The van der Waals surface area contributed by atoms with Gasteiger partial charge in [-0.25, -0.2) is 0 Å². The second-order valence-corrected chi connectivity index (χ2v) is 6.94. The highest BCUT2D eigenvalue weighted by Crippen LogP contribution is 2.37. The van der Waals surface area contributed by atoms with Gasteiger partial charge in [0.15, 0.2) is 0 Å². The van der Waals surface area contributed by atoms with Crippen LogP contribution in [0.4, 0.5) is 0 Å². The Morgan fingerprint density at radius 3 is 2.47 bits per heavy atom. The molecular weight excluding hydrogens is 232 g/mol. The zero-order valence-corrected chi connectivity index (χ0v) is 12.7. The van der Waals surface area contributed by atoms with Gasteiger partial charge in [0.05, 0.1) is 0 Å². The third-order valence-corrected chi connectivity index (χ3v) is 4.49. The molecule has 1 aromatic rings. The smallest absolute Gasteiger partial charge is 0.0416 e. The standard InChI is InChI=1S/C17H28N2/c1-17(2,3)14-7-9-16(10-8-14)19-13-11-15-6-4-5-12-18-15/h4-6,12,14,16,19H,7-11,13H2,1-3H3. The lowest BCUT2D eigenvalue weighted by atomic mass is 9.71. The summed E-state index contributed by atoms with van der Waals surface area (Å²) in [6, 6.07) is 6.88. The van der Waals surface area contributed by atoms with E-state index in [1.165, 1.54) is 31.4 Å². The van der Waals surface area contributed by atoms with E-state index in [-0.39, 0.29) is 0 Å². The van der Waals surface area contributed by atoms with Gasteiger partial charge in [0.1, 0.15) is 0 Å². The summed E-state index contributed by atoms with van der Waals surface area (Å²) in [4.78, 5) is 4.37. The molecule has 0 radical (unpaired) electrons. The second-order valence-electron chi connectivity index (χ2n) is 6.94. The second kappa shape index (κ2) is 6.51. The van der Waals surface area contributed by atoms with Crippen molar-refractivity contribution in [1.82, 2.24) is 10.3 Å². The Hall–Kier alpha value is -0.890. The van der Waals surface area contributed by atoms with Gasteiger partial charge in [0.2, 0.25) is 0 Å². The van der Waals surface area contributed by atoms with Crippen LogP contribution in [0, 0.1) is 11.3 Å². The lowest BCUT2D eigenvalue weighted by molar-refractivity contribution is 0.160. The highest BCUT2D eigenvalue weighted by Gasteiger charge is 2.29. The monoisotopic (exact) mass is 260 g/mol. The molecule has 2 rings (SSSR count). The van der Waals surface area contributed by atoms with Crippen molar-refractivity contribution in [2.75, 3.05) is 6.54 Å². The van der Waals surface area contributed by atoms with E-state index in [2.05, 4.69) is 43.2 Å². The molecule has 106 valence electrons. The van der Waals surface area contributed by atoms with Crippen LogP contribution >= 0.6 is 0 Å². The Labute approximate surface area is 118 Å². The van der Waals surface area contributed by atoms with Crippen molar-refractivity contribution >= 4 is 0 Å². The van der Waals surface area contributed by atoms with Crippen molar-refractivity contribution in [3.63, 3.8) is 0 Å². The molecule has 1 aromatic heterocycles. The quantitative estimate of drug-likeness (QED) is 0.890. The summed E-state index contributed by atoms with van der Waals surface area (Å²) in [5, 5.41) is 3.70. The molecule has 2 heteroatoms. The van der Waals surface area contributed by atoms with E-state index in [1.54, 1.807) is 0 Å². The molecule has 0 amide bonds. The van der Waals surface area contributed by atoms with E-state index in [4.69, 9.17) is 0 Å². The lowest BCUT2D eigenvalue weighted by Crippen LogP contribution is -2.37. The number of rotatable bonds is 4. The third kappa shape index (κ3) is 4.61. The summed E-state index contributed by atoms with van der Waals surface area (Å²) in [7, 11) is 0. The van der Waals surface area contributed by atoms with Crippen LogP contribution in [0.15, 0.2) is 24.4 Å². The number of hydrogen-bond acceptors (Lipinski definition) is 2. The lowest BCUT2D eigenvalue weighted by Gasteiger charge is -2.37. The largest absolute Gasteiger partial charge is 0.314 e. The van der Waals surface area contributed by atoms with Crippen molar-refractivity contribution in [2.24, 2.45) is 11.3 Å². The predicted molar refractivity (Wildman–Crippen MR) is 81.1 cm³/mol. The van der Waals surface area contributed by atoms with E-state index in [9.17, 15) is 0 Å². The Morgan fingerprint density at radius 2 is 1.89 bits per heavy atom. The molecule has 1 fully saturated rings. The molecule has 1 saturated carbocycles.